The molecule has 0 bridgehead atoms. The maximum absolute atomic E-state index is 11.9. The summed E-state index contributed by atoms with van der Waals surface area (Å²) in [7, 11) is 0. The monoisotopic (exact) mass is 386 g/mol. The van der Waals surface area contributed by atoms with Gasteiger partial charge in [-0.05, 0) is 42.8 Å². The third-order valence-corrected chi connectivity index (χ3v) is 4.06. The summed E-state index contributed by atoms with van der Waals surface area (Å²) in [6.45, 7) is 1.48. The molecule has 0 aliphatic rings. The molecule has 122 valence electrons. The van der Waals surface area contributed by atoms with Crippen molar-refractivity contribution in [3.63, 3.8) is 0 Å². The molecule has 1 atom stereocenters. The van der Waals surface area contributed by atoms with E-state index in [0.29, 0.717) is 11.1 Å². The molecule has 0 aliphatic carbocycles. The minimum absolute atomic E-state index is 0.221. The average Bonchev–Trinajstić information content (AvgIpc) is 2.60. The number of nitrogens with zero attached hydrogens (tertiary/aromatic N) is 1. The van der Waals surface area contributed by atoms with Gasteiger partial charge in [0, 0.05) is 4.47 Å². The highest BCUT2D eigenvalue weighted by Crippen LogP contribution is 2.22. The zero-order valence-corrected chi connectivity index (χ0v) is 14.5. The molecule has 0 saturated heterocycles. The van der Waals surface area contributed by atoms with Gasteiger partial charge in [-0.2, -0.15) is 5.26 Å². The Balaban J connectivity index is 1.87. The van der Waals surface area contributed by atoms with Crippen molar-refractivity contribution < 1.29 is 14.3 Å². The lowest BCUT2D eigenvalue weighted by Crippen LogP contribution is -2.31. The smallest absolute Gasteiger partial charge is 0.338 e. The molecule has 2 rings (SSSR count). The summed E-state index contributed by atoms with van der Waals surface area (Å²) in [5.74, 6) is -0.997. The first-order valence-electron chi connectivity index (χ1n) is 7.22. The van der Waals surface area contributed by atoms with Crippen LogP contribution in [0.25, 0.3) is 0 Å². The Hall–Kier alpha value is -2.65. The van der Waals surface area contributed by atoms with Gasteiger partial charge < -0.3 is 10.1 Å². The summed E-state index contributed by atoms with van der Waals surface area (Å²) in [6, 6.07) is 15.3. The van der Waals surface area contributed by atoms with Crippen LogP contribution in [0.15, 0.2) is 53.0 Å². The normalized spacial score (nSPS) is 11.2. The number of amides is 1. The molecule has 0 heterocycles. The summed E-state index contributed by atoms with van der Waals surface area (Å²) in [5.41, 5.74) is 1.68. The van der Waals surface area contributed by atoms with Crippen molar-refractivity contribution >= 4 is 27.8 Å². The predicted octanol–water partition coefficient (Wildman–Crippen LogP) is 3.35. The number of esters is 1. The lowest BCUT2D eigenvalue weighted by Gasteiger charge is -2.15. The van der Waals surface area contributed by atoms with Crippen molar-refractivity contribution in [1.29, 1.82) is 5.26 Å². The van der Waals surface area contributed by atoms with E-state index in [0.717, 1.165) is 10.0 Å². The number of nitrogens with one attached hydrogen (secondary N) is 1. The number of nitriles is 1. The van der Waals surface area contributed by atoms with E-state index in [2.05, 4.69) is 21.2 Å². The van der Waals surface area contributed by atoms with Crippen LogP contribution in [0.4, 0.5) is 0 Å². The molecule has 0 aromatic heterocycles. The molecule has 0 spiro atoms. The van der Waals surface area contributed by atoms with Crippen LogP contribution >= 0.6 is 15.9 Å². The summed E-state index contributed by atoms with van der Waals surface area (Å²) in [6.07, 6.45) is 0. The van der Waals surface area contributed by atoms with Crippen LogP contribution in [0.2, 0.25) is 0 Å². The number of rotatable bonds is 5. The molecule has 1 N–H and O–H groups in total. The van der Waals surface area contributed by atoms with Crippen LogP contribution in [0.3, 0.4) is 0 Å². The molecule has 0 fully saturated rings. The first kappa shape index (κ1) is 17.7. The van der Waals surface area contributed by atoms with Crippen molar-refractivity contribution in [3.8, 4) is 6.07 Å². The van der Waals surface area contributed by atoms with Gasteiger partial charge in [0.25, 0.3) is 5.91 Å². The van der Waals surface area contributed by atoms with E-state index in [1.807, 2.05) is 37.3 Å². The molecular weight excluding hydrogens is 372 g/mol. The van der Waals surface area contributed by atoms with Crippen LogP contribution < -0.4 is 5.32 Å². The van der Waals surface area contributed by atoms with Crippen molar-refractivity contribution in [1.82, 2.24) is 5.32 Å². The topological polar surface area (TPSA) is 79.2 Å². The molecule has 1 amide bonds. The number of carbonyl (C=O) groups is 2. The Morgan fingerprint density at radius 2 is 1.88 bits per heavy atom. The van der Waals surface area contributed by atoms with Gasteiger partial charge >= 0.3 is 5.97 Å². The highest BCUT2D eigenvalue weighted by Gasteiger charge is 2.14. The standard InChI is InChI=1S/C18H15BrN2O3/c1-12(15-4-2-3-5-16(15)19)21-17(22)11-24-18(23)14-8-6-13(10-20)7-9-14/h2-9,12H,11H2,1H3,(H,21,22)/t12-/m0/s1. The van der Waals surface area contributed by atoms with E-state index in [4.69, 9.17) is 10.00 Å². The summed E-state index contributed by atoms with van der Waals surface area (Å²) in [5, 5.41) is 11.5. The van der Waals surface area contributed by atoms with Gasteiger partial charge in [-0.25, -0.2) is 4.79 Å². The lowest BCUT2D eigenvalue weighted by molar-refractivity contribution is -0.124. The highest BCUT2D eigenvalue weighted by molar-refractivity contribution is 9.10. The fourth-order valence-electron chi connectivity index (χ4n) is 2.08. The number of ether oxygens (including phenoxy) is 1. The number of carbonyl (C=O) groups excluding carboxylic acids is 2. The Morgan fingerprint density at radius 1 is 1.21 bits per heavy atom. The number of hydrogen-bond acceptors (Lipinski definition) is 4. The van der Waals surface area contributed by atoms with E-state index < -0.39 is 5.97 Å². The number of hydrogen-bond donors (Lipinski definition) is 1. The summed E-state index contributed by atoms with van der Waals surface area (Å²) >= 11 is 3.43. The quantitative estimate of drug-likeness (QED) is 0.798. The Kier molecular flexibility index (Phi) is 6.10. The second kappa shape index (κ2) is 8.27. The van der Waals surface area contributed by atoms with Crippen LogP contribution in [-0.4, -0.2) is 18.5 Å². The van der Waals surface area contributed by atoms with Crippen LogP contribution in [0.1, 0.15) is 34.5 Å². The number of halogens is 1. The molecule has 5 nitrogen and oxygen atoms in total. The summed E-state index contributed by atoms with van der Waals surface area (Å²) < 4.78 is 5.88. The Morgan fingerprint density at radius 3 is 2.50 bits per heavy atom. The molecule has 0 unspecified atom stereocenters. The van der Waals surface area contributed by atoms with Crippen LogP contribution in [0, 0.1) is 11.3 Å². The molecule has 6 heteroatoms. The fourth-order valence-corrected chi connectivity index (χ4v) is 2.71. The lowest BCUT2D eigenvalue weighted by atomic mass is 10.1. The first-order chi connectivity index (χ1) is 11.5. The summed E-state index contributed by atoms with van der Waals surface area (Å²) in [4.78, 5) is 23.8. The molecule has 2 aromatic carbocycles. The predicted molar refractivity (Wildman–Crippen MR) is 92.1 cm³/mol. The van der Waals surface area contributed by atoms with Gasteiger partial charge in [0.2, 0.25) is 0 Å². The fraction of sp³-hybridized carbons (Fsp3) is 0.167. The molecule has 24 heavy (non-hydrogen) atoms. The Bertz CT molecular complexity index is 782. The van der Waals surface area contributed by atoms with Gasteiger partial charge in [0.15, 0.2) is 6.61 Å². The van der Waals surface area contributed by atoms with Crippen molar-refractivity contribution in [2.24, 2.45) is 0 Å². The van der Waals surface area contributed by atoms with Gasteiger partial charge in [-0.3, -0.25) is 4.79 Å². The van der Waals surface area contributed by atoms with Crippen molar-refractivity contribution in [2.45, 2.75) is 13.0 Å². The largest absolute Gasteiger partial charge is 0.452 e. The zero-order valence-electron chi connectivity index (χ0n) is 13.0. The minimum atomic E-state index is -0.608. The average molecular weight is 387 g/mol. The van der Waals surface area contributed by atoms with Crippen LogP contribution in [-0.2, 0) is 9.53 Å². The molecule has 0 radical (unpaired) electrons. The van der Waals surface area contributed by atoms with E-state index in [1.165, 1.54) is 24.3 Å². The zero-order chi connectivity index (χ0) is 17.5. The second-order valence-electron chi connectivity index (χ2n) is 5.08. The third-order valence-electron chi connectivity index (χ3n) is 3.33. The van der Waals surface area contributed by atoms with Crippen LogP contribution in [0.5, 0.6) is 0 Å². The maximum Gasteiger partial charge on any atom is 0.338 e. The molecule has 2 aromatic rings. The van der Waals surface area contributed by atoms with E-state index in [9.17, 15) is 9.59 Å². The molecule has 0 saturated carbocycles. The van der Waals surface area contributed by atoms with E-state index in [1.54, 1.807) is 0 Å². The minimum Gasteiger partial charge on any atom is -0.452 e. The first-order valence-corrected chi connectivity index (χ1v) is 8.01. The molecule has 0 aliphatic heterocycles. The second-order valence-corrected chi connectivity index (χ2v) is 5.93. The Labute approximate surface area is 148 Å². The van der Waals surface area contributed by atoms with E-state index in [-0.39, 0.29) is 18.6 Å². The molecular formula is C18H15BrN2O3. The van der Waals surface area contributed by atoms with Gasteiger partial charge in [-0.1, -0.05) is 34.1 Å². The maximum atomic E-state index is 11.9. The van der Waals surface area contributed by atoms with Crippen molar-refractivity contribution in [2.75, 3.05) is 6.61 Å². The van der Waals surface area contributed by atoms with Crippen molar-refractivity contribution in [3.05, 3.63) is 69.7 Å². The van der Waals surface area contributed by atoms with Gasteiger partial charge in [0.1, 0.15) is 0 Å². The number of benzene rings is 2. The third kappa shape index (κ3) is 4.67. The van der Waals surface area contributed by atoms with Gasteiger partial charge in [-0.15, -0.1) is 0 Å². The highest BCUT2D eigenvalue weighted by atomic mass is 79.9. The van der Waals surface area contributed by atoms with Gasteiger partial charge in [0.05, 0.1) is 23.2 Å². The van der Waals surface area contributed by atoms with E-state index >= 15 is 0 Å². The SMILES string of the molecule is C[C@H](NC(=O)COC(=O)c1ccc(C#N)cc1)c1ccccc1Br.